The highest BCUT2D eigenvalue weighted by atomic mass is 16.5. The molecule has 1 aromatic heterocycles. The lowest BCUT2D eigenvalue weighted by Crippen LogP contribution is -2.24. The lowest BCUT2D eigenvalue weighted by Gasteiger charge is -2.16. The molecule has 6 nitrogen and oxygen atoms in total. The average Bonchev–Trinajstić information content (AvgIpc) is 2.83. The molecular weight excluding hydrogens is 270 g/mol. The first-order chi connectivity index (χ1) is 10.2. The highest BCUT2D eigenvalue weighted by molar-refractivity contribution is 5.88. The van der Waals surface area contributed by atoms with Gasteiger partial charge in [-0.05, 0) is 42.3 Å². The van der Waals surface area contributed by atoms with Crippen LogP contribution in [0.4, 0.5) is 5.95 Å². The molecule has 1 fully saturated rings. The molecule has 6 heteroatoms. The number of aromatic nitrogens is 2. The molecule has 110 valence electrons. The van der Waals surface area contributed by atoms with Crippen LogP contribution in [-0.4, -0.2) is 34.3 Å². The molecule has 2 heterocycles. The predicted molar refractivity (Wildman–Crippen MR) is 77.4 cm³/mol. The zero-order chi connectivity index (χ0) is 14.7. The summed E-state index contributed by atoms with van der Waals surface area (Å²) in [5.41, 5.74) is 0.972. The van der Waals surface area contributed by atoms with Crippen molar-refractivity contribution in [3.8, 4) is 11.5 Å². The number of anilines is 1. The smallest absolute Gasteiger partial charge is 0.335 e. The lowest BCUT2D eigenvalue weighted by atomic mass is 10.1. The summed E-state index contributed by atoms with van der Waals surface area (Å²) in [6.07, 6.45) is 4.80. The Balaban J connectivity index is 1.79. The number of aromatic carboxylic acids is 1. The fourth-order valence-electron chi connectivity index (χ4n) is 2.49. The Bertz CT molecular complexity index is 613. The van der Waals surface area contributed by atoms with Crippen LogP contribution in [0, 0.1) is 0 Å². The van der Waals surface area contributed by atoms with Crippen LogP contribution in [0.3, 0.4) is 0 Å². The fraction of sp³-hybridized carbons (Fsp3) is 0.400. The molecule has 0 saturated carbocycles. The Labute approximate surface area is 122 Å². The number of carboxylic acid groups (broad SMARTS) is 1. The van der Waals surface area contributed by atoms with Crippen molar-refractivity contribution >= 4 is 11.9 Å². The summed E-state index contributed by atoms with van der Waals surface area (Å²) in [5.74, 6) is 0.0951. The summed E-state index contributed by atoms with van der Waals surface area (Å²) >= 11 is 0. The van der Waals surface area contributed by atoms with E-state index >= 15 is 0 Å². The molecule has 21 heavy (non-hydrogen) atoms. The number of hydrogen-bond donors (Lipinski definition) is 1. The van der Waals surface area contributed by atoms with Gasteiger partial charge in [-0.3, -0.25) is 0 Å². The van der Waals surface area contributed by atoms with Crippen molar-refractivity contribution in [2.24, 2.45) is 0 Å². The molecule has 0 unspecified atom stereocenters. The molecule has 0 bridgehead atoms. The predicted octanol–water partition coefficient (Wildman–Crippen LogP) is 2.82. The highest BCUT2D eigenvalue weighted by Crippen LogP contribution is 2.22. The first kappa shape index (κ1) is 13.6. The minimum Gasteiger partial charge on any atom is -0.478 e. The van der Waals surface area contributed by atoms with E-state index in [4.69, 9.17) is 9.63 Å². The maximum atomic E-state index is 10.8. The van der Waals surface area contributed by atoms with Crippen LogP contribution >= 0.6 is 0 Å². The zero-order valence-electron chi connectivity index (χ0n) is 11.7. The van der Waals surface area contributed by atoms with Gasteiger partial charge >= 0.3 is 5.97 Å². The van der Waals surface area contributed by atoms with Crippen molar-refractivity contribution in [2.45, 2.75) is 25.7 Å². The minimum atomic E-state index is -0.947. The van der Waals surface area contributed by atoms with Crippen molar-refractivity contribution in [1.82, 2.24) is 10.1 Å². The third-order valence-corrected chi connectivity index (χ3v) is 3.68. The largest absolute Gasteiger partial charge is 0.478 e. The number of benzene rings is 1. The number of carbonyl (C=O) groups is 1. The van der Waals surface area contributed by atoms with E-state index in [1.807, 2.05) is 0 Å². The highest BCUT2D eigenvalue weighted by Gasteiger charge is 2.17. The van der Waals surface area contributed by atoms with E-state index in [-0.39, 0.29) is 5.56 Å². The molecule has 1 aromatic carbocycles. The molecule has 1 aliphatic heterocycles. The average molecular weight is 287 g/mol. The van der Waals surface area contributed by atoms with Crippen LogP contribution < -0.4 is 4.90 Å². The van der Waals surface area contributed by atoms with E-state index in [9.17, 15) is 4.79 Å². The van der Waals surface area contributed by atoms with Crippen molar-refractivity contribution < 1.29 is 14.4 Å². The topological polar surface area (TPSA) is 79.5 Å². The fourth-order valence-corrected chi connectivity index (χ4v) is 2.49. The minimum absolute atomic E-state index is 0.242. The van der Waals surface area contributed by atoms with Crippen molar-refractivity contribution in [2.75, 3.05) is 18.0 Å². The van der Waals surface area contributed by atoms with E-state index in [2.05, 4.69) is 15.0 Å². The standard InChI is InChI=1S/C15H17N3O3/c19-14(20)12-7-5-11(6-8-12)13-16-15(17-21-13)18-9-3-1-2-4-10-18/h5-8H,1-4,9-10H2,(H,19,20). The number of hydrogen-bond acceptors (Lipinski definition) is 5. The van der Waals surface area contributed by atoms with Gasteiger partial charge in [-0.2, -0.15) is 4.98 Å². The van der Waals surface area contributed by atoms with Gasteiger partial charge in [0.15, 0.2) is 0 Å². The molecule has 0 spiro atoms. The van der Waals surface area contributed by atoms with Crippen LogP contribution in [0.15, 0.2) is 28.8 Å². The van der Waals surface area contributed by atoms with Gasteiger partial charge < -0.3 is 14.5 Å². The Hall–Kier alpha value is -2.37. The Morgan fingerprint density at radius 2 is 1.76 bits per heavy atom. The first-order valence-corrected chi connectivity index (χ1v) is 7.16. The summed E-state index contributed by atoms with van der Waals surface area (Å²) in [7, 11) is 0. The van der Waals surface area contributed by atoms with Gasteiger partial charge in [0, 0.05) is 18.7 Å². The van der Waals surface area contributed by atoms with Crippen LogP contribution in [0.1, 0.15) is 36.0 Å². The summed E-state index contributed by atoms with van der Waals surface area (Å²) in [5, 5.41) is 12.9. The number of rotatable bonds is 3. The zero-order valence-corrected chi connectivity index (χ0v) is 11.7. The third kappa shape index (κ3) is 3.04. The maximum absolute atomic E-state index is 10.8. The Morgan fingerprint density at radius 3 is 2.38 bits per heavy atom. The first-order valence-electron chi connectivity index (χ1n) is 7.16. The molecular formula is C15H17N3O3. The molecule has 2 aromatic rings. The van der Waals surface area contributed by atoms with Gasteiger partial charge in [0.2, 0.25) is 0 Å². The van der Waals surface area contributed by atoms with Crippen molar-refractivity contribution in [3.05, 3.63) is 29.8 Å². The quantitative estimate of drug-likeness (QED) is 0.935. The van der Waals surface area contributed by atoms with Crippen molar-refractivity contribution in [3.63, 3.8) is 0 Å². The molecule has 0 atom stereocenters. The van der Waals surface area contributed by atoms with Crippen LogP contribution in [0.25, 0.3) is 11.5 Å². The number of carboxylic acids is 1. The monoisotopic (exact) mass is 287 g/mol. The summed E-state index contributed by atoms with van der Waals surface area (Å²) in [4.78, 5) is 17.4. The van der Waals surface area contributed by atoms with E-state index in [1.165, 1.54) is 25.0 Å². The third-order valence-electron chi connectivity index (χ3n) is 3.68. The Morgan fingerprint density at radius 1 is 1.10 bits per heavy atom. The molecule has 0 radical (unpaired) electrons. The number of nitrogens with zero attached hydrogens (tertiary/aromatic N) is 3. The van der Waals surface area contributed by atoms with Gasteiger partial charge in [0.25, 0.3) is 11.8 Å². The normalized spacial score (nSPS) is 15.7. The van der Waals surface area contributed by atoms with Gasteiger partial charge in [-0.1, -0.05) is 12.8 Å². The summed E-state index contributed by atoms with van der Waals surface area (Å²) in [6.45, 7) is 1.91. The van der Waals surface area contributed by atoms with Crippen LogP contribution in [0.2, 0.25) is 0 Å². The van der Waals surface area contributed by atoms with Crippen molar-refractivity contribution in [1.29, 1.82) is 0 Å². The van der Waals surface area contributed by atoms with E-state index < -0.39 is 5.97 Å². The van der Waals surface area contributed by atoms with Crippen LogP contribution in [0.5, 0.6) is 0 Å². The lowest BCUT2D eigenvalue weighted by molar-refractivity contribution is 0.0697. The van der Waals surface area contributed by atoms with E-state index in [1.54, 1.807) is 12.1 Å². The van der Waals surface area contributed by atoms with Crippen LogP contribution in [-0.2, 0) is 0 Å². The van der Waals surface area contributed by atoms with Gasteiger partial charge in [-0.25, -0.2) is 4.79 Å². The second-order valence-corrected chi connectivity index (χ2v) is 5.18. The second kappa shape index (κ2) is 5.95. The molecule has 3 rings (SSSR count). The SMILES string of the molecule is O=C(O)c1ccc(-c2nc(N3CCCCCC3)no2)cc1. The molecule has 0 amide bonds. The Kier molecular flexibility index (Phi) is 3.85. The molecule has 0 aliphatic carbocycles. The summed E-state index contributed by atoms with van der Waals surface area (Å²) < 4.78 is 5.29. The van der Waals surface area contributed by atoms with Gasteiger partial charge in [0.05, 0.1) is 5.56 Å². The maximum Gasteiger partial charge on any atom is 0.335 e. The van der Waals surface area contributed by atoms with E-state index in [0.717, 1.165) is 31.5 Å². The van der Waals surface area contributed by atoms with E-state index in [0.29, 0.717) is 11.8 Å². The van der Waals surface area contributed by atoms with Gasteiger partial charge in [0.1, 0.15) is 0 Å². The molecule has 1 saturated heterocycles. The summed E-state index contributed by atoms with van der Waals surface area (Å²) in [6, 6.07) is 6.44. The molecule has 1 aliphatic rings. The van der Waals surface area contributed by atoms with Gasteiger partial charge in [-0.15, -0.1) is 0 Å². The molecule has 1 N–H and O–H groups in total. The second-order valence-electron chi connectivity index (χ2n) is 5.18.